The number of hydrogen-bond donors (Lipinski definition) is 3. The fraction of sp³-hybridized carbons (Fsp3) is 0.385. The molecule has 0 unspecified atom stereocenters. The van der Waals surface area contributed by atoms with Crippen molar-refractivity contribution in [3.05, 3.63) is 29.6 Å². The lowest BCUT2D eigenvalue weighted by Crippen LogP contribution is -2.43. The van der Waals surface area contributed by atoms with Crippen LogP contribution in [0.25, 0.3) is 0 Å². The van der Waals surface area contributed by atoms with Gasteiger partial charge in [0.15, 0.2) is 11.6 Å². The molecule has 1 atom stereocenters. The Morgan fingerprint density at radius 2 is 1.95 bits per heavy atom. The van der Waals surface area contributed by atoms with Crippen LogP contribution < -0.4 is 10.6 Å². The van der Waals surface area contributed by atoms with Gasteiger partial charge in [0.1, 0.15) is 11.9 Å². The van der Waals surface area contributed by atoms with E-state index in [1.165, 1.54) is 0 Å². The van der Waals surface area contributed by atoms with Crippen LogP contribution in [0.3, 0.4) is 0 Å². The fourth-order valence-electron chi connectivity index (χ4n) is 1.63. The molecule has 0 spiro atoms. The molecule has 1 rings (SSSR count). The number of carboxylic acid groups (broad SMARTS) is 1. The second-order valence-electron chi connectivity index (χ2n) is 4.38. The molecule has 0 aromatic heterocycles. The lowest BCUT2D eigenvalue weighted by molar-refractivity contribution is -0.139. The summed E-state index contributed by atoms with van der Waals surface area (Å²) in [5.74, 6) is -5.19. The summed E-state index contributed by atoms with van der Waals surface area (Å²) >= 11 is 0. The quantitative estimate of drug-likeness (QED) is 0.707. The lowest BCUT2D eigenvalue weighted by Gasteiger charge is -2.15. The maximum absolute atomic E-state index is 13.3. The summed E-state index contributed by atoms with van der Waals surface area (Å²) in [7, 11) is 0. The standard InChI is InChI=1S/C13H15F3N2O3/c1-2-3-4-9(12(19)20)17-13(21)18-10-6-7(14)5-8(15)11(10)16/h5-6,9H,2-4H2,1H3,(H,19,20)(H2,17,18,21)/t9-/m0/s1. The molecular weight excluding hydrogens is 289 g/mol. The van der Waals surface area contributed by atoms with Crippen molar-refractivity contribution in [3.8, 4) is 0 Å². The molecule has 0 radical (unpaired) electrons. The van der Waals surface area contributed by atoms with Crippen LogP contribution in [0.15, 0.2) is 12.1 Å². The van der Waals surface area contributed by atoms with Crippen LogP contribution >= 0.6 is 0 Å². The van der Waals surface area contributed by atoms with Gasteiger partial charge in [0.25, 0.3) is 0 Å². The highest BCUT2D eigenvalue weighted by molar-refractivity contribution is 5.92. The van der Waals surface area contributed by atoms with Crippen LogP contribution in [-0.2, 0) is 4.79 Å². The molecule has 116 valence electrons. The van der Waals surface area contributed by atoms with Gasteiger partial charge in [-0.3, -0.25) is 0 Å². The summed E-state index contributed by atoms with van der Waals surface area (Å²) < 4.78 is 39.3. The SMILES string of the molecule is CCCC[C@H](NC(=O)Nc1cc(F)cc(F)c1F)C(=O)O. The Hall–Kier alpha value is -2.25. The predicted octanol–water partition coefficient (Wildman–Crippen LogP) is 2.87. The van der Waals surface area contributed by atoms with E-state index < -0.39 is 41.2 Å². The van der Waals surface area contributed by atoms with E-state index in [9.17, 15) is 22.8 Å². The Balaban J connectivity index is 2.74. The first-order chi connectivity index (χ1) is 9.85. The molecule has 0 aliphatic rings. The summed E-state index contributed by atoms with van der Waals surface area (Å²) in [5, 5.41) is 12.9. The van der Waals surface area contributed by atoms with Gasteiger partial charge in [0.2, 0.25) is 0 Å². The highest BCUT2D eigenvalue weighted by Crippen LogP contribution is 2.19. The first-order valence-corrected chi connectivity index (χ1v) is 6.30. The van der Waals surface area contributed by atoms with Crippen molar-refractivity contribution in [3.63, 3.8) is 0 Å². The first kappa shape index (κ1) is 16.8. The zero-order chi connectivity index (χ0) is 16.0. The van der Waals surface area contributed by atoms with Crippen LogP contribution in [0.2, 0.25) is 0 Å². The molecule has 2 amide bonds. The van der Waals surface area contributed by atoms with Crippen LogP contribution in [0.4, 0.5) is 23.7 Å². The maximum Gasteiger partial charge on any atom is 0.326 e. The zero-order valence-electron chi connectivity index (χ0n) is 11.3. The summed E-state index contributed by atoms with van der Waals surface area (Å²) in [5.41, 5.74) is -0.704. The van der Waals surface area contributed by atoms with Crippen LogP contribution in [0.1, 0.15) is 26.2 Å². The van der Waals surface area contributed by atoms with Gasteiger partial charge in [-0.25, -0.2) is 22.8 Å². The number of rotatable bonds is 6. The van der Waals surface area contributed by atoms with E-state index in [4.69, 9.17) is 5.11 Å². The van der Waals surface area contributed by atoms with Gasteiger partial charge in [-0.2, -0.15) is 0 Å². The number of unbranched alkanes of at least 4 members (excludes halogenated alkanes) is 1. The van der Waals surface area contributed by atoms with Crippen LogP contribution in [-0.4, -0.2) is 23.1 Å². The monoisotopic (exact) mass is 304 g/mol. The number of halogens is 3. The van der Waals surface area contributed by atoms with Gasteiger partial charge in [-0.05, 0) is 6.42 Å². The lowest BCUT2D eigenvalue weighted by atomic mass is 10.1. The van der Waals surface area contributed by atoms with Crippen molar-refractivity contribution in [2.75, 3.05) is 5.32 Å². The van der Waals surface area contributed by atoms with E-state index in [-0.39, 0.29) is 6.42 Å². The summed E-state index contributed by atoms with van der Waals surface area (Å²) in [6, 6.07) is -1.28. The Bertz CT molecular complexity index is 538. The second kappa shape index (κ2) is 7.51. The summed E-state index contributed by atoms with van der Waals surface area (Å²) in [6.07, 6.45) is 1.50. The Morgan fingerprint density at radius 1 is 1.29 bits per heavy atom. The molecule has 0 saturated carbocycles. The van der Waals surface area contributed by atoms with E-state index in [2.05, 4.69) is 5.32 Å². The van der Waals surface area contributed by atoms with E-state index in [0.29, 0.717) is 18.6 Å². The normalized spacial score (nSPS) is 11.8. The van der Waals surface area contributed by atoms with E-state index in [0.717, 1.165) is 6.42 Å². The molecular formula is C13H15F3N2O3. The zero-order valence-corrected chi connectivity index (χ0v) is 11.3. The van der Waals surface area contributed by atoms with Gasteiger partial charge < -0.3 is 15.7 Å². The predicted molar refractivity (Wildman–Crippen MR) is 69.4 cm³/mol. The van der Waals surface area contributed by atoms with Crippen LogP contribution in [0, 0.1) is 17.5 Å². The Morgan fingerprint density at radius 3 is 2.52 bits per heavy atom. The molecule has 0 bridgehead atoms. The molecule has 8 heteroatoms. The smallest absolute Gasteiger partial charge is 0.326 e. The maximum atomic E-state index is 13.3. The number of urea groups is 1. The third-order valence-electron chi connectivity index (χ3n) is 2.69. The van der Waals surface area contributed by atoms with E-state index in [1.807, 2.05) is 12.2 Å². The van der Waals surface area contributed by atoms with E-state index in [1.54, 1.807) is 0 Å². The number of anilines is 1. The van der Waals surface area contributed by atoms with Crippen molar-refractivity contribution in [1.29, 1.82) is 0 Å². The molecule has 3 N–H and O–H groups in total. The number of aliphatic carboxylic acids is 1. The van der Waals surface area contributed by atoms with Crippen molar-refractivity contribution >= 4 is 17.7 Å². The number of amides is 2. The highest BCUT2D eigenvalue weighted by atomic mass is 19.2. The fourth-order valence-corrected chi connectivity index (χ4v) is 1.63. The van der Waals surface area contributed by atoms with Gasteiger partial charge in [0.05, 0.1) is 5.69 Å². The van der Waals surface area contributed by atoms with Gasteiger partial charge in [-0.15, -0.1) is 0 Å². The number of carboxylic acids is 1. The van der Waals surface area contributed by atoms with Crippen molar-refractivity contribution in [2.24, 2.45) is 0 Å². The molecule has 1 aromatic rings. The molecule has 1 aromatic carbocycles. The second-order valence-corrected chi connectivity index (χ2v) is 4.38. The highest BCUT2D eigenvalue weighted by Gasteiger charge is 2.20. The Labute approximate surface area is 119 Å². The minimum absolute atomic E-state index is 0.194. The van der Waals surface area contributed by atoms with E-state index >= 15 is 0 Å². The average Bonchev–Trinajstić information content (AvgIpc) is 2.39. The van der Waals surface area contributed by atoms with Gasteiger partial charge in [0, 0.05) is 12.1 Å². The molecule has 0 heterocycles. The molecule has 0 fully saturated rings. The number of hydrogen-bond acceptors (Lipinski definition) is 2. The summed E-state index contributed by atoms with van der Waals surface area (Å²) in [6.45, 7) is 1.85. The van der Waals surface area contributed by atoms with Crippen molar-refractivity contribution < 1.29 is 27.9 Å². The van der Waals surface area contributed by atoms with Gasteiger partial charge >= 0.3 is 12.0 Å². The molecule has 0 saturated heterocycles. The number of carbonyl (C=O) groups excluding carboxylic acids is 1. The average molecular weight is 304 g/mol. The molecule has 21 heavy (non-hydrogen) atoms. The number of benzene rings is 1. The minimum atomic E-state index is -1.45. The van der Waals surface area contributed by atoms with Crippen molar-refractivity contribution in [1.82, 2.24) is 5.32 Å². The number of nitrogens with one attached hydrogen (secondary N) is 2. The largest absolute Gasteiger partial charge is 0.480 e. The third-order valence-corrected chi connectivity index (χ3v) is 2.69. The van der Waals surface area contributed by atoms with Crippen LogP contribution in [0.5, 0.6) is 0 Å². The number of carbonyl (C=O) groups is 2. The topological polar surface area (TPSA) is 78.4 Å². The molecule has 5 nitrogen and oxygen atoms in total. The Kier molecular flexibility index (Phi) is 6.01. The third kappa shape index (κ3) is 4.97. The first-order valence-electron chi connectivity index (χ1n) is 6.30. The molecule has 0 aliphatic carbocycles. The van der Waals surface area contributed by atoms with Gasteiger partial charge in [-0.1, -0.05) is 19.8 Å². The van der Waals surface area contributed by atoms with Crippen molar-refractivity contribution in [2.45, 2.75) is 32.2 Å². The summed E-state index contributed by atoms with van der Waals surface area (Å²) in [4.78, 5) is 22.5. The minimum Gasteiger partial charge on any atom is -0.480 e. The molecule has 0 aliphatic heterocycles.